The van der Waals surface area contributed by atoms with Gasteiger partial charge in [0.05, 0.1) is 5.92 Å². The molecule has 1 N–H and O–H groups in total. The zero-order valence-corrected chi connectivity index (χ0v) is 8.98. The Morgan fingerprint density at radius 2 is 2.18 bits per heavy atom. The van der Waals surface area contributed by atoms with Crippen molar-refractivity contribution >= 4 is 5.97 Å². The SMILES string of the molecule is O=C(O)C1CC1c1ccccc1OCC(F)F. The van der Waals surface area contributed by atoms with Crippen LogP contribution < -0.4 is 4.74 Å². The maximum atomic E-state index is 12.1. The number of rotatable bonds is 5. The first kappa shape index (κ1) is 11.8. The van der Waals surface area contributed by atoms with Gasteiger partial charge in [0.1, 0.15) is 12.4 Å². The topological polar surface area (TPSA) is 46.5 Å². The van der Waals surface area contributed by atoms with E-state index in [1.807, 2.05) is 0 Å². The molecule has 1 saturated carbocycles. The van der Waals surface area contributed by atoms with Gasteiger partial charge in [-0.3, -0.25) is 4.79 Å². The van der Waals surface area contributed by atoms with Gasteiger partial charge in [0.15, 0.2) is 0 Å². The summed E-state index contributed by atoms with van der Waals surface area (Å²) >= 11 is 0. The molecule has 2 unspecified atom stereocenters. The summed E-state index contributed by atoms with van der Waals surface area (Å²) < 4.78 is 29.1. The van der Waals surface area contributed by atoms with Gasteiger partial charge in [-0.2, -0.15) is 0 Å². The third-order valence-corrected chi connectivity index (χ3v) is 2.79. The van der Waals surface area contributed by atoms with Crippen LogP contribution in [0.25, 0.3) is 0 Å². The highest BCUT2D eigenvalue weighted by atomic mass is 19.3. The summed E-state index contributed by atoms with van der Waals surface area (Å²) in [7, 11) is 0. The molecule has 0 aromatic heterocycles. The number of carboxylic acid groups (broad SMARTS) is 1. The van der Waals surface area contributed by atoms with E-state index in [2.05, 4.69) is 0 Å². The average Bonchev–Trinajstić information content (AvgIpc) is 3.06. The fourth-order valence-corrected chi connectivity index (χ4v) is 1.88. The van der Waals surface area contributed by atoms with Crippen molar-refractivity contribution in [3.63, 3.8) is 0 Å². The van der Waals surface area contributed by atoms with Gasteiger partial charge in [-0.15, -0.1) is 0 Å². The minimum Gasteiger partial charge on any atom is -0.487 e. The molecule has 0 saturated heterocycles. The Kier molecular flexibility index (Phi) is 3.26. The summed E-state index contributed by atoms with van der Waals surface area (Å²) in [5.41, 5.74) is 0.709. The van der Waals surface area contributed by atoms with E-state index in [4.69, 9.17) is 9.84 Å². The molecular weight excluding hydrogens is 230 g/mol. The molecule has 1 aliphatic carbocycles. The van der Waals surface area contributed by atoms with Gasteiger partial charge in [0, 0.05) is 5.92 Å². The number of carboxylic acids is 1. The fraction of sp³-hybridized carbons (Fsp3) is 0.417. The van der Waals surface area contributed by atoms with Crippen LogP contribution in [0.4, 0.5) is 8.78 Å². The van der Waals surface area contributed by atoms with Crippen LogP contribution in [-0.2, 0) is 4.79 Å². The molecule has 2 atom stereocenters. The largest absolute Gasteiger partial charge is 0.487 e. The van der Waals surface area contributed by atoms with Gasteiger partial charge in [0.25, 0.3) is 6.43 Å². The van der Waals surface area contributed by atoms with Gasteiger partial charge < -0.3 is 9.84 Å². The lowest BCUT2D eigenvalue weighted by molar-refractivity contribution is -0.138. The predicted octanol–water partition coefficient (Wildman–Crippen LogP) is 2.52. The number of carbonyl (C=O) groups is 1. The molecule has 3 nitrogen and oxygen atoms in total. The zero-order chi connectivity index (χ0) is 12.4. The number of halogens is 2. The molecule has 5 heteroatoms. The van der Waals surface area contributed by atoms with Gasteiger partial charge in [0.2, 0.25) is 0 Å². The monoisotopic (exact) mass is 242 g/mol. The van der Waals surface area contributed by atoms with Crippen LogP contribution in [0, 0.1) is 5.92 Å². The Balaban J connectivity index is 2.09. The molecule has 0 bridgehead atoms. The fourth-order valence-electron chi connectivity index (χ4n) is 1.88. The molecule has 0 heterocycles. The number of para-hydroxylation sites is 1. The van der Waals surface area contributed by atoms with Crippen molar-refractivity contribution in [1.82, 2.24) is 0 Å². The molecule has 92 valence electrons. The Morgan fingerprint density at radius 1 is 1.47 bits per heavy atom. The molecule has 0 spiro atoms. The maximum Gasteiger partial charge on any atom is 0.307 e. The molecule has 1 fully saturated rings. The molecule has 0 aliphatic heterocycles. The molecule has 1 aliphatic rings. The molecule has 2 rings (SSSR count). The smallest absolute Gasteiger partial charge is 0.307 e. The lowest BCUT2D eigenvalue weighted by Crippen LogP contribution is -2.08. The molecule has 1 aromatic rings. The minimum atomic E-state index is -2.53. The van der Waals surface area contributed by atoms with Crippen molar-refractivity contribution in [2.24, 2.45) is 5.92 Å². The second-order valence-corrected chi connectivity index (χ2v) is 4.03. The quantitative estimate of drug-likeness (QED) is 0.863. The van der Waals surface area contributed by atoms with E-state index in [1.54, 1.807) is 24.3 Å². The first-order valence-corrected chi connectivity index (χ1v) is 5.32. The van der Waals surface area contributed by atoms with E-state index in [9.17, 15) is 13.6 Å². The highest BCUT2D eigenvalue weighted by molar-refractivity contribution is 5.75. The zero-order valence-electron chi connectivity index (χ0n) is 8.98. The van der Waals surface area contributed by atoms with Crippen LogP contribution in [0.15, 0.2) is 24.3 Å². The van der Waals surface area contributed by atoms with Crippen molar-refractivity contribution in [1.29, 1.82) is 0 Å². The molecule has 0 radical (unpaired) electrons. The van der Waals surface area contributed by atoms with E-state index in [0.717, 1.165) is 0 Å². The van der Waals surface area contributed by atoms with E-state index < -0.39 is 24.9 Å². The number of alkyl halides is 2. The Labute approximate surface area is 97.0 Å². The first-order valence-electron chi connectivity index (χ1n) is 5.32. The highest BCUT2D eigenvalue weighted by Gasteiger charge is 2.45. The lowest BCUT2D eigenvalue weighted by atomic mass is 10.1. The number of ether oxygens (including phenoxy) is 1. The lowest BCUT2D eigenvalue weighted by Gasteiger charge is -2.10. The average molecular weight is 242 g/mol. The van der Waals surface area contributed by atoms with Crippen LogP contribution in [0.5, 0.6) is 5.75 Å². The normalized spacial score (nSPS) is 22.5. The maximum absolute atomic E-state index is 12.1. The summed E-state index contributed by atoms with van der Waals surface area (Å²) in [6.07, 6.45) is -1.98. The second kappa shape index (κ2) is 4.69. The third kappa shape index (κ3) is 2.72. The van der Waals surface area contributed by atoms with Crippen molar-refractivity contribution in [3.8, 4) is 5.75 Å². The van der Waals surface area contributed by atoms with Crippen LogP contribution >= 0.6 is 0 Å². The Morgan fingerprint density at radius 3 is 2.76 bits per heavy atom. The molecule has 17 heavy (non-hydrogen) atoms. The first-order chi connectivity index (χ1) is 8.09. The highest BCUT2D eigenvalue weighted by Crippen LogP contribution is 2.50. The summed E-state index contributed by atoms with van der Waals surface area (Å²) in [5.74, 6) is -1.01. The van der Waals surface area contributed by atoms with Gasteiger partial charge in [-0.1, -0.05) is 18.2 Å². The number of hydrogen-bond donors (Lipinski definition) is 1. The van der Waals surface area contributed by atoms with Crippen LogP contribution in [0.2, 0.25) is 0 Å². The summed E-state index contributed by atoms with van der Waals surface area (Å²) in [6, 6.07) is 6.76. The molecular formula is C12H12F2O3. The summed E-state index contributed by atoms with van der Waals surface area (Å²) in [5, 5.41) is 8.83. The van der Waals surface area contributed by atoms with E-state index in [-0.39, 0.29) is 5.92 Å². The summed E-state index contributed by atoms with van der Waals surface area (Å²) in [6.45, 7) is -0.665. The standard InChI is InChI=1S/C12H12F2O3/c13-11(14)6-17-10-4-2-1-3-7(10)8-5-9(8)12(15)16/h1-4,8-9,11H,5-6H2,(H,15,16). The van der Waals surface area contributed by atoms with Gasteiger partial charge >= 0.3 is 5.97 Å². The van der Waals surface area contributed by atoms with Crippen LogP contribution in [-0.4, -0.2) is 24.1 Å². The van der Waals surface area contributed by atoms with Crippen LogP contribution in [0.3, 0.4) is 0 Å². The third-order valence-electron chi connectivity index (χ3n) is 2.79. The minimum absolute atomic E-state index is 0.110. The molecule has 1 aromatic carbocycles. The van der Waals surface area contributed by atoms with Crippen molar-refractivity contribution in [3.05, 3.63) is 29.8 Å². The van der Waals surface area contributed by atoms with E-state index in [1.165, 1.54) is 0 Å². The summed E-state index contributed by atoms with van der Waals surface area (Å²) in [4.78, 5) is 10.8. The molecule has 0 amide bonds. The van der Waals surface area contributed by atoms with E-state index >= 15 is 0 Å². The van der Waals surface area contributed by atoms with Gasteiger partial charge in [-0.05, 0) is 18.1 Å². The van der Waals surface area contributed by atoms with Crippen molar-refractivity contribution in [2.45, 2.75) is 18.8 Å². The number of hydrogen-bond acceptors (Lipinski definition) is 2. The second-order valence-electron chi connectivity index (χ2n) is 4.03. The Hall–Kier alpha value is -1.65. The van der Waals surface area contributed by atoms with Crippen molar-refractivity contribution < 1.29 is 23.4 Å². The van der Waals surface area contributed by atoms with E-state index in [0.29, 0.717) is 17.7 Å². The Bertz CT molecular complexity index is 420. The van der Waals surface area contributed by atoms with Crippen molar-refractivity contribution in [2.75, 3.05) is 6.61 Å². The van der Waals surface area contributed by atoms with Gasteiger partial charge in [-0.25, -0.2) is 8.78 Å². The number of aliphatic carboxylic acids is 1. The van der Waals surface area contributed by atoms with Crippen LogP contribution in [0.1, 0.15) is 17.9 Å². The number of benzene rings is 1. The predicted molar refractivity (Wildman–Crippen MR) is 56.4 cm³/mol.